The average Bonchev–Trinajstić information content (AvgIpc) is 2.86. The van der Waals surface area contributed by atoms with Crippen molar-refractivity contribution in [2.24, 2.45) is 0 Å². The first kappa shape index (κ1) is 14.6. The molecule has 0 bridgehead atoms. The maximum atomic E-state index is 12.8. The van der Waals surface area contributed by atoms with Gasteiger partial charge in [-0.05, 0) is 12.1 Å². The van der Waals surface area contributed by atoms with Crippen LogP contribution in [-0.4, -0.2) is 50.0 Å². The molecule has 0 saturated carbocycles. The summed E-state index contributed by atoms with van der Waals surface area (Å²) in [7, 11) is -2.09. The highest BCUT2D eigenvalue weighted by Gasteiger charge is 2.28. The van der Waals surface area contributed by atoms with Gasteiger partial charge in [0, 0.05) is 32.4 Å². The molecule has 1 aromatic carbocycles. The van der Waals surface area contributed by atoms with Gasteiger partial charge >= 0.3 is 10.2 Å². The van der Waals surface area contributed by atoms with Crippen LogP contribution in [0.1, 0.15) is 0 Å². The Bertz CT molecular complexity index is 766. The van der Waals surface area contributed by atoms with Crippen LogP contribution in [0.5, 0.6) is 5.75 Å². The fourth-order valence-electron chi connectivity index (χ4n) is 2.54. The van der Waals surface area contributed by atoms with E-state index in [2.05, 4.69) is 5.32 Å². The lowest BCUT2D eigenvalue weighted by molar-refractivity contribution is 0.357. The molecule has 2 heterocycles. The number of nitrogens with one attached hydrogen (secondary N) is 1. The summed E-state index contributed by atoms with van der Waals surface area (Å²) in [6, 6.07) is 5.24. The van der Waals surface area contributed by atoms with Crippen molar-refractivity contribution in [1.29, 1.82) is 0 Å². The van der Waals surface area contributed by atoms with E-state index in [0.29, 0.717) is 47.9 Å². The molecule has 1 aliphatic heterocycles. The normalized spacial score (nSPS) is 17.2. The van der Waals surface area contributed by atoms with Crippen molar-refractivity contribution >= 4 is 32.7 Å². The predicted molar refractivity (Wildman–Crippen MR) is 82.3 cm³/mol. The van der Waals surface area contributed by atoms with Crippen LogP contribution in [0.15, 0.2) is 24.4 Å². The number of rotatable bonds is 3. The van der Waals surface area contributed by atoms with Crippen LogP contribution in [0.4, 0.5) is 0 Å². The third-order valence-electron chi connectivity index (χ3n) is 3.58. The first-order chi connectivity index (χ1) is 10.1. The minimum atomic E-state index is -3.62. The molecule has 21 heavy (non-hydrogen) atoms. The average molecular weight is 330 g/mol. The molecule has 114 valence electrons. The van der Waals surface area contributed by atoms with Crippen molar-refractivity contribution in [3.63, 3.8) is 0 Å². The summed E-state index contributed by atoms with van der Waals surface area (Å²) in [6.07, 6.45) is 1.44. The Morgan fingerprint density at radius 1 is 1.29 bits per heavy atom. The van der Waals surface area contributed by atoms with E-state index in [0.717, 1.165) is 0 Å². The second kappa shape index (κ2) is 5.49. The molecule has 3 rings (SSSR count). The standard InChI is InChI=1S/C13H16ClN3O3S/c1-20-12-4-2-3-11-13(12)10(14)9-17(11)21(18,19)16-7-5-15-6-8-16/h2-4,9,15H,5-8H2,1H3. The van der Waals surface area contributed by atoms with Crippen LogP contribution < -0.4 is 10.1 Å². The number of benzene rings is 1. The van der Waals surface area contributed by atoms with Crippen LogP contribution in [0.25, 0.3) is 10.9 Å². The Labute approximate surface area is 128 Å². The topological polar surface area (TPSA) is 63.6 Å². The van der Waals surface area contributed by atoms with Gasteiger partial charge in [-0.25, -0.2) is 3.97 Å². The molecule has 1 N–H and O–H groups in total. The third-order valence-corrected chi connectivity index (χ3v) is 5.69. The second-order valence-corrected chi connectivity index (χ2v) is 7.00. The van der Waals surface area contributed by atoms with E-state index in [-0.39, 0.29) is 0 Å². The van der Waals surface area contributed by atoms with Gasteiger partial charge in [0.2, 0.25) is 0 Å². The summed E-state index contributed by atoms with van der Waals surface area (Å²) in [5.74, 6) is 0.562. The molecule has 0 atom stereocenters. The van der Waals surface area contributed by atoms with E-state index >= 15 is 0 Å². The van der Waals surface area contributed by atoms with E-state index in [9.17, 15) is 8.42 Å². The highest BCUT2D eigenvalue weighted by atomic mass is 35.5. The van der Waals surface area contributed by atoms with Gasteiger partial charge in [0.25, 0.3) is 0 Å². The second-order valence-electron chi connectivity index (χ2n) is 4.78. The van der Waals surface area contributed by atoms with E-state index in [1.807, 2.05) is 0 Å². The molecular formula is C13H16ClN3O3S. The minimum absolute atomic E-state index is 0.362. The fourth-order valence-corrected chi connectivity index (χ4v) is 4.42. The van der Waals surface area contributed by atoms with Crippen molar-refractivity contribution < 1.29 is 13.2 Å². The number of hydrogen-bond donors (Lipinski definition) is 1. The molecule has 1 saturated heterocycles. The van der Waals surface area contributed by atoms with Gasteiger partial charge in [-0.2, -0.15) is 12.7 Å². The molecule has 1 aromatic heterocycles. The lowest BCUT2D eigenvalue weighted by Gasteiger charge is -2.27. The first-order valence-corrected chi connectivity index (χ1v) is 8.38. The van der Waals surface area contributed by atoms with Crippen LogP contribution in [0.2, 0.25) is 5.02 Å². The maximum absolute atomic E-state index is 12.8. The number of piperazine rings is 1. The molecule has 1 fully saturated rings. The van der Waals surface area contributed by atoms with E-state index < -0.39 is 10.2 Å². The van der Waals surface area contributed by atoms with Gasteiger partial charge in [0.05, 0.1) is 23.0 Å². The summed E-state index contributed by atoms with van der Waals surface area (Å²) >= 11 is 6.21. The zero-order chi connectivity index (χ0) is 15.0. The van der Waals surface area contributed by atoms with Crippen molar-refractivity contribution in [3.05, 3.63) is 29.4 Å². The first-order valence-electron chi connectivity index (χ1n) is 6.60. The van der Waals surface area contributed by atoms with Gasteiger partial charge in [0.1, 0.15) is 5.75 Å². The minimum Gasteiger partial charge on any atom is -0.496 e. The van der Waals surface area contributed by atoms with Crippen molar-refractivity contribution in [2.45, 2.75) is 0 Å². The molecule has 8 heteroatoms. The van der Waals surface area contributed by atoms with Gasteiger partial charge in [-0.3, -0.25) is 0 Å². The van der Waals surface area contributed by atoms with Gasteiger partial charge in [-0.1, -0.05) is 17.7 Å². The summed E-state index contributed by atoms with van der Waals surface area (Å²) in [4.78, 5) is 0. The van der Waals surface area contributed by atoms with Crippen LogP contribution >= 0.6 is 11.6 Å². The zero-order valence-corrected chi connectivity index (χ0v) is 13.1. The number of ether oxygens (including phenoxy) is 1. The Morgan fingerprint density at radius 2 is 2.00 bits per heavy atom. The highest BCUT2D eigenvalue weighted by molar-refractivity contribution is 7.87. The third kappa shape index (κ3) is 2.40. The molecule has 6 nitrogen and oxygen atoms in total. The van der Waals surface area contributed by atoms with Crippen LogP contribution in [0, 0.1) is 0 Å². The molecule has 0 aliphatic carbocycles. The predicted octanol–water partition coefficient (Wildman–Crippen LogP) is 1.30. The van der Waals surface area contributed by atoms with Gasteiger partial charge in [0.15, 0.2) is 0 Å². The molecule has 0 radical (unpaired) electrons. The number of aromatic nitrogens is 1. The summed E-state index contributed by atoms with van der Waals surface area (Å²) in [6.45, 7) is 2.19. The summed E-state index contributed by atoms with van der Waals surface area (Å²) in [5.41, 5.74) is 0.526. The van der Waals surface area contributed by atoms with Crippen LogP contribution in [-0.2, 0) is 10.2 Å². The molecule has 0 spiro atoms. The SMILES string of the molecule is COc1cccc2c1c(Cl)cn2S(=O)(=O)N1CCNCC1. The smallest absolute Gasteiger partial charge is 0.308 e. The Hall–Kier alpha value is -1.28. The van der Waals surface area contributed by atoms with Gasteiger partial charge in [-0.15, -0.1) is 0 Å². The zero-order valence-electron chi connectivity index (χ0n) is 11.5. The number of methoxy groups -OCH3 is 1. The number of nitrogens with zero attached hydrogens (tertiary/aromatic N) is 2. The molecule has 1 aliphatic rings. The Kier molecular flexibility index (Phi) is 3.83. The highest BCUT2D eigenvalue weighted by Crippen LogP contribution is 2.34. The largest absolute Gasteiger partial charge is 0.496 e. The maximum Gasteiger partial charge on any atom is 0.308 e. The van der Waals surface area contributed by atoms with E-state index in [1.165, 1.54) is 21.6 Å². The van der Waals surface area contributed by atoms with Crippen molar-refractivity contribution in [2.75, 3.05) is 33.3 Å². The number of halogens is 1. The number of fused-ring (bicyclic) bond motifs is 1. The molecule has 0 unspecified atom stereocenters. The Morgan fingerprint density at radius 3 is 2.67 bits per heavy atom. The van der Waals surface area contributed by atoms with Crippen molar-refractivity contribution in [3.8, 4) is 5.75 Å². The lowest BCUT2D eigenvalue weighted by atomic mass is 10.2. The molecule has 2 aromatic rings. The molecular weight excluding hydrogens is 314 g/mol. The monoisotopic (exact) mass is 329 g/mol. The summed E-state index contributed by atoms with van der Waals surface area (Å²) < 4.78 is 33.5. The fraction of sp³-hybridized carbons (Fsp3) is 0.385. The van der Waals surface area contributed by atoms with E-state index in [4.69, 9.17) is 16.3 Å². The van der Waals surface area contributed by atoms with E-state index in [1.54, 1.807) is 18.2 Å². The van der Waals surface area contributed by atoms with Gasteiger partial charge < -0.3 is 10.1 Å². The van der Waals surface area contributed by atoms with Crippen LogP contribution in [0.3, 0.4) is 0 Å². The number of hydrogen-bond acceptors (Lipinski definition) is 4. The summed E-state index contributed by atoms with van der Waals surface area (Å²) in [5, 5.41) is 4.11. The molecule has 0 amide bonds. The lowest BCUT2D eigenvalue weighted by Crippen LogP contribution is -2.48. The van der Waals surface area contributed by atoms with Crippen molar-refractivity contribution in [1.82, 2.24) is 13.6 Å². The quantitative estimate of drug-likeness (QED) is 0.922. The Balaban J connectivity index is 2.16.